The number of amides is 1. The quantitative estimate of drug-likeness (QED) is 0.317. The van der Waals surface area contributed by atoms with Gasteiger partial charge in [-0.1, -0.05) is 24.6 Å². The maximum Gasteiger partial charge on any atom is 0.305 e. The largest absolute Gasteiger partial charge is 0.469 e. The molecule has 1 N–H and O–H groups in total. The summed E-state index contributed by atoms with van der Waals surface area (Å²) in [7, 11) is 1.36. The van der Waals surface area contributed by atoms with E-state index in [4.69, 9.17) is 0 Å². The molecule has 0 spiro atoms. The van der Waals surface area contributed by atoms with E-state index in [0.717, 1.165) is 12.1 Å². The fraction of sp³-hybridized carbons (Fsp3) is 0.400. The molecule has 0 unspecified atom stereocenters. The number of benzene rings is 1. The molecule has 1 heterocycles. The summed E-state index contributed by atoms with van der Waals surface area (Å²) < 4.78 is 6.24. The first-order valence-corrected chi connectivity index (χ1v) is 8.96. The van der Waals surface area contributed by atoms with Crippen LogP contribution in [0.4, 0.5) is 0 Å². The van der Waals surface area contributed by atoms with E-state index in [0.29, 0.717) is 42.8 Å². The molecular weight excluding hydrogens is 346 g/mol. The molecule has 0 saturated carbocycles. The Kier molecular flexibility index (Phi) is 7.28. The van der Waals surface area contributed by atoms with Gasteiger partial charge in [0, 0.05) is 13.0 Å². The van der Waals surface area contributed by atoms with Crippen LogP contribution in [-0.2, 0) is 14.3 Å². The van der Waals surface area contributed by atoms with Crippen molar-refractivity contribution in [1.29, 1.82) is 0 Å². The fourth-order valence-electron chi connectivity index (χ4n) is 2.86. The van der Waals surface area contributed by atoms with Crippen molar-refractivity contribution in [3.05, 3.63) is 47.3 Å². The molecule has 0 aliphatic heterocycles. The van der Waals surface area contributed by atoms with Gasteiger partial charge >= 0.3 is 5.97 Å². The number of carbonyl (C=O) groups excluding carboxylic acids is 3. The number of Topliss-reactive ketones (excluding diaryl/α,β-unsaturated/α-hetero) is 1. The molecule has 0 radical (unpaired) electrons. The highest BCUT2D eigenvalue weighted by atomic mass is 16.5. The monoisotopic (exact) mass is 371 g/mol. The van der Waals surface area contributed by atoms with Crippen LogP contribution < -0.4 is 5.32 Å². The van der Waals surface area contributed by atoms with Crippen LogP contribution >= 0.6 is 0 Å². The SMILES string of the molecule is COC(=O)CCCCCNC(=O)C(=O)c1c(C)nn(-c2ccccc2)c1C. The Morgan fingerprint density at radius 3 is 2.44 bits per heavy atom. The first-order chi connectivity index (χ1) is 13.0. The zero-order valence-corrected chi connectivity index (χ0v) is 15.9. The summed E-state index contributed by atoms with van der Waals surface area (Å²) in [5.74, 6) is -1.46. The van der Waals surface area contributed by atoms with Crippen LogP contribution in [-0.4, -0.2) is 41.1 Å². The lowest BCUT2D eigenvalue weighted by Gasteiger charge is -2.06. The summed E-state index contributed by atoms with van der Waals surface area (Å²) in [5.41, 5.74) is 2.33. The van der Waals surface area contributed by atoms with Crippen LogP contribution in [0.3, 0.4) is 0 Å². The molecule has 1 amide bonds. The molecule has 0 aliphatic rings. The van der Waals surface area contributed by atoms with Gasteiger partial charge in [-0.15, -0.1) is 0 Å². The average Bonchev–Trinajstić information content (AvgIpc) is 2.98. The van der Waals surface area contributed by atoms with Crippen molar-refractivity contribution in [2.24, 2.45) is 0 Å². The van der Waals surface area contributed by atoms with E-state index >= 15 is 0 Å². The third-order valence-corrected chi connectivity index (χ3v) is 4.30. The van der Waals surface area contributed by atoms with Gasteiger partial charge in [0.2, 0.25) is 0 Å². The number of ketones is 1. The van der Waals surface area contributed by atoms with Crippen molar-refractivity contribution in [2.75, 3.05) is 13.7 Å². The number of nitrogens with zero attached hydrogens (tertiary/aromatic N) is 2. The predicted octanol–water partition coefficient (Wildman–Crippen LogP) is 2.52. The Morgan fingerprint density at radius 1 is 1.07 bits per heavy atom. The first kappa shape index (κ1) is 20.4. The number of aryl methyl sites for hydroxylation is 1. The van der Waals surface area contributed by atoms with Crippen LogP contribution in [0, 0.1) is 13.8 Å². The molecule has 1 aromatic carbocycles. The smallest absolute Gasteiger partial charge is 0.305 e. The van der Waals surface area contributed by atoms with Crippen molar-refractivity contribution >= 4 is 17.7 Å². The number of hydrogen-bond acceptors (Lipinski definition) is 5. The van der Waals surface area contributed by atoms with E-state index in [1.165, 1.54) is 7.11 Å². The lowest BCUT2D eigenvalue weighted by Crippen LogP contribution is -2.32. The predicted molar refractivity (Wildman–Crippen MR) is 101 cm³/mol. The van der Waals surface area contributed by atoms with E-state index in [9.17, 15) is 14.4 Å². The highest BCUT2D eigenvalue weighted by Crippen LogP contribution is 2.18. The second-order valence-electron chi connectivity index (χ2n) is 6.26. The second-order valence-corrected chi connectivity index (χ2v) is 6.26. The summed E-state index contributed by atoms with van der Waals surface area (Å²) in [4.78, 5) is 35.8. The van der Waals surface area contributed by atoms with E-state index in [1.807, 2.05) is 30.3 Å². The minimum absolute atomic E-state index is 0.240. The fourth-order valence-corrected chi connectivity index (χ4v) is 2.86. The van der Waals surface area contributed by atoms with Gasteiger partial charge in [-0.25, -0.2) is 4.68 Å². The number of nitrogens with one attached hydrogen (secondary N) is 1. The molecule has 0 bridgehead atoms. The molecule has 0 saturated heterocycles. The molecule has 2 rings (SSSR count). The minimum Gasteiger partial charge on any atom is -0.469 e. The van der Waals surface area contributed by atoms with E-state index < -0.39 is 11.7 Å². The Balaban J connectivity index is 1.92. The normalized spacial score (nSPS) is 10.5. The number of rotatable bonds is 9. The molecule has 7 heteroatoms. The van der Waals surface area contributed by atoms with Gasteiger partial charge in [-0.05, 0) is 38.8 Å². The van der Waals surface area contributed by atoms with Crippen LogP contribution in [0.25, 0.3) is 5.69 Å². The molecule has 1 aromatic heterocycles. The zero-order chi connectivity index (χ0) is 19.8. The summed E-state index contributed by atoms with van der Waals surface area (Å²) in [6.07, 6.45) is 2.52. The second kappa shape index (κ2) is 9.66. The molecule has 7 nitrogen and oxygen atoms in total. The highest BCUT2D eigenvalue weighted by Gasteiger charge is 2.24. The number of methoxy groups -OCH3 is 1. The van der Waals surface area contributed by atoms with Gasteiger partial charge < -0.3 is 10.1 Å². The number of esters is 1. The Morgan fingerprint density at radius 2 is 1.78 bits per heavy atom. The first-order valence-electron chi connectivity index (χ1n) is 8.96. The number of ether oxygens (including phenoxy) is 1. The van der Waals surface area contributed by atoms with Crippen LogP contribution in [0.1, 0.15) is 47.4 Å². The Hall–Kier alpha value is -2.96. The molecule has 0 fully saturated rings. The zero-order valence-electron chi connectivity index (χ0n) is 15.9. The molecule has 0 aliphatic carbocycles. The maximum absolute atomic E-state index is 12.6. The maximum atomic E-state index is 12.6. The minimum atomic E-state index is -0.637. The third kappa shape index (κ3) is 5.26. The number of aromatic nitrogens is 2. The van der Waals surface area contributed by atoms with Crippen LogP contribution in [0.2, 0.25) is 0 Å². The number of carbonyl (C=O) groups is 3. The van der Waals surface area contributed by atoms with Crippen molar-refractivity contribution in [3.63, 3.8) is 0 Å². The van der Waals surface area contributed by atoms with Crippen LogP contribution in [0.5, 0.6) is 0 Å². The summed E-state index contributed by atoms with van der Waals surface area (Å²) in [5, 5.41) is 7.05. The number of para-hydroxylation sites is 1. The standard InChI is InChI=1S/C20H25N3O4/c1-14-18(15(2)23(22-14)16-10-6-4-7-11-16)19(25)20(26)21-13-9-5-8-12-17(24)27-3/h4,6-7,10-11H,5,8-9,12-13H2,1-3H3,(H,21,26). The van der Waals surface area contributed by atoms with Crippen molar-refractivity contribution < 1.29 is 19.1 Å². The van der Waals surface area contributed by atoms with Gasteiger partial charge in [0.15, 0.2) is 0 Å². The van der Waals surface area contributed by atoms with E-state index in [-0.39, 0.29) is 5.97 Å². The summed E-state index contributed by atoms with van der Waals surface area (Å²) >= 11 is 0. The molecule has 144 valence electrons. The molecular formula is C20H25N3O4. The number of unbranched alkanes of at least 4 members (excludes halogenated alkanes) is 2. The van der Waals surface area contributed by atoms with Gasteiger partial charge in [0.05, 0.1) is 29.7 Å². The van der Waals surface area contributed by atoms with Crippen molar-refractivity contribution in [3.8, 4) is 5.69 Å². The van der Waals surface area contributed by atoms with Gasteiger partial charge in [0.1, 0.15) is 0 Å². The summed E-state index contributed by atoms with van der Waals surface area (Å²) in [6.45, 7) is 3.89. The van der Waals surface area contributed by atoms with Crippen LogP contribution in [0.15, 0.2) is 30.3 Å². The van der Waals surface area contributed by atoms with Crippen molar-refractivity contribution in [2.45, 2.75) is 39.5 Å². The average molecular weight is 371 g/mol. The lowest BCUT2D eigenvalue weighted by atomic mass is 10.1. The summed E-state index contributed by atoms with van der Waals surface area (Å²) in [6, 6.07) is 9.46. The Bertz CT molecular complexity index is 812. The third-order valence-electron chi connectivity index (χ3n) is 4.30. The molecule has 2 aromatic rings. The highest BCUT2D eigenvalue weighted by molar-refractivity contribution is 6.43. The van der Waals surface area contributed by atoms with Gasteiger partial charge in [-0.3, -0.25) is 14.4 Å². The van der Waals surface area contributed by atoms with E-state index in [2.05, 4.69) is 15.2 Å². The van der Waals surface area contributed by atoms with Gasteiger partial charge in [0.25, 0.3) is 11.7 Å². The van der Waals surface area contributed by atoms with Crippen molar-refractivity contribution in [1.82, 2.24) is 15.1 Å². The molecule has 0 atom stereocenters. The topological polar surface area (TPSA) is 90.3 Å². The lowest BCUT2D eigenvalue weighted by molar-refractivity contribution is -0.140. The number of hydrogen-bond donors (Lipinski definition) is 1. The van der Waals surface area contributed by atoms with E-state index in [1.54, 1.807) is 18.5 Å². The molecule has 27 heavy (non-hydrogen) atoms. The Labute approximate surface area is 158 Å². The van der Waals surface area contributed by atoms with Gasteiger partial charge in [-0.2, -0.15) is 5.10 Å².